The molecular formula is C17H15NO3S. The van der Waals surface area contributed by atoms with Crippen LogP contribution in [0.25, 0.3) is 0 Å². The Morgan fingerprint density at radius 2 is 1.82 bits per heavy atom. The maximum absolute atomic E-state index is 12.9. The number of para-hydroxylation sites is 1. The first-order valence-corrected chi connectivity index (χ1v) is 7.80. The van der Waals surface area contributed by atoms with Gasteiger partial charge in [-0.3, -0.25) is 14.5 Å². The molecule has 0 fully saturated rings. The number of fused-ring (bicyclic) bond motifs is 1. The molecule has 4 nitrogen and oxygen atoms in total. The van der Waals surface area contributed by atoms with Crippen LogP contribution in [0.1, 0.15) is 16.8 Å². The van der Waals surface area contributed by atoms with E-state index in [2.05, 4.69) is 0 Å². The second-order valence-corrected chi connectivity index (χ2v) is 6.08. The lowest BCUT2D eigenvalue weighted by molar-refractivity contribution is -0.140. The summed E-state index contributed by atoms with van der Waals surface area (Å²) >= 11 is 1.51. The third-order valence-electron chi connectivity index (χ3n) is 3.49. The van der Waals surface area contributed by atoms with Gasteiger partial charge in [0.1, 0.15) is 0 Å². The highest BCUT2D eigenvalue weighted by Gasteiger charge is 2.35. The van der Waals surface area contributed by atoms with Crippen LogP contribution in [0.4, 0.5) is 5.69 Å². The van der Waals surface area contributed by atoms with Crippen LogP contribution < -0.4 is 4.90 Å². The minimum Gasteiger partial charge on any atom is -0.469 e. The van der Waals surface area contributed by atoms with Gasteiger partial charge in [0.2, 0.25) is 0 Å². The zero-order valence-electron chi connectivity index (χ0n) is 12.1. The maximum Gasteiger partial charge on any atom is 0.308 e. The van der Waals surface area contributed by atoms with Crippen molar-refractivity contribution in [2.75, 3.05) is 12.0 Å². The summed E-state index contributed by atoms with van der Waals surface area (Å²) in [5.74, 6) is -0.417. The van der Waals surface area contributed by atoms with Crippen molar-refractivity contribution in [2.45, 2.75) is 16.7 Å². The third kappa shape index (κ3) is 2.72. The molecule has 0 N–H and O–H groups in total. The summed E-state index contributed by atoms with van der Waals surface area (Å²) in [7, 11) is 1.36. The monoisotopic (exact) mass is 313 g/mol. The number of hydrogen-bond acceptors (Lipinski definition) is 4. The predicted octanol–water partition coefficient (Wildman–Crippen LogP) is 3.33. The van der Waals surface area contributed by atoms with Gasteiger partial charge in [-0.2, -0.15) is 0 Å². The molecule has 22 heavy (non-hydrogen) atoms. The second kappa shape index (κ2) is 6.23. The van der Waals surface area contributed by atoms with Gasteiger partial charge in [-0.1, -0.05) is 42.1 Å². The fourth-order valence-corrected chi connectivity index (χ4v) is 3.71. The van der Waals surface area contributed by atoms with E-state index in [4.69, 9.17) is 4.74 Å². The molecule has 1 atom stereocenters. The highest BCUT2D eigenvalue weighted by Crippen LogP contribution is 2.39. The molecule has 3 rings (SSSR count). The Morgan fingerprint density at radius 3 is 2.55 bits per heavy atom. The van der Waals surface area contributed by atoms with E-state index >= 15 is 0 Å². The van der Waals surface area contributed by atoms with Crippen LogP contribution in [0.15, 0.2) is 59.5 Å². The summed E-state index contributed by atoms with van der Waals surface area (Å²) in [4.78, 5) is 27.1. The normalized spacial score (nSPS) is 17.0. The summed E-state index contributed by atoms with van der Waals surface area (Å²) in [6, 6.07) is 16.9. The molecule has 1 aliphatic heterocycles. The Bertz CT molecular complexity index is 702. The number of thioether (sulfide) groups is 1. The molecule has 1 aliphatic rings. The summed E-state index contributed by atoms with van der Waals surface area (Å²) in [6.07, 6.45) is 0.149. The number of ether oxygens (including phenoxy) is 1. The van der Waals surface area contributed by atoms with Gasteiger partial charge >= 0.3 is 5.97 Å². The van der Waals surface area contributed by atoms with Gasteiger partial charge in [-0.25, -0.2) is 0 Å². The minimum atomic E-state index is -0.328. The van der Waals surface area contributed by atoms with E-state index in [9.17, 15) is 9.59 Å². The molecule has 2 aromatic rings. The van der Waals surface area contributed by atoms with E-state index in [-0.39, 0.29) is 23.7 Å². The van der Waals surface area contributed by atoms with E-state index in [0.717, 1.165) is 10.6 Å². The van der Waals surface area contributed by atoms with Crippen LogP contribution >= 0.6 is 11.8 Å². The maximum atomic E-state index is 12.9. The van der Waals surface area contributed by atoms with Crippen molar-refractivity contribution in [3.05, 3.63) is 60.2 Å². The second-order valence-electron chi connectivity index (χ2n) is 4.86. The molecule has 1 amide bonds. The van der Waals surface area contributed by atoms with Gasteiger partial charge in [0, 0.05) is 10.6 Å². The topological polar surface area (TPSA) is 46.6 Å². The summed E-state index contributed by atoms with van der Waals surface area (Å²) in [6.45, 7) is 0. The van der Waals surface area contributed by atoms with Crippen molar-refractivity contribution >= 4 is 29.3 Å². The Kier molecular flexibility index (Phi) is 4.15. The van der Waals surface area contributed by atoms with Crippen molar-refractivity contribution in [2.24, 2.45) is 0 Å². The number of rotatable bonds is 3. The van der Waals surface area contributed by atoms with Crippen molar-refractivity contribution in [3.63, 3.8) is 0 Å². The molecule has 0 unspecified atom stereocenters. The first kappa shape index (κ1) is 14.7. The van der Waals surface area contributed by atoms with Crippen LogP contribution in [0.2, 0.25) is 0 Å². The van der Waals surface area contributed by atoms with Crippen molar-refractivity contribution < 1.29 is 14.3 Å². The van der Waals surface area contributed by atoms with Gasteiger partial charge in [0.05, 0.1) is 24.5 Å². The van der Waals surface area contributed by atoms with E-state index in [1.807, 2.05) is 54.6 Å². The van der Waals surface area contributed by atoms with E-state index in [1.54, 1.807) is 4.90 Å². The van der Waals surface area contributed by atoms with Crippen LogP contribution in [0.3, 0.4) is 0 Å². The molecule has 0 saturated carbocycles. The van der Waals surface area contributed by atoms with Gasteiger partial charge in [0.25, 0.3) is 5.91 Å². The SMILES string of the molecule is COC(=O)C[C@@H]1Sc2ccccc2C(=O)N1c1ccccc1. The summed E-state index contributed by atoms with van der Waals surface area (Å²) in [5, 5.41) is -0.308. The minimum absolute atomic E-state index is 0.0885. The fourth-order valence-electron chi connectivity index (χ4n) is 2.44. The average molecular weight is 313 g/mol. The fraction of sp³-hybridized carbons (Fsp3) is 0.176. The molecule has 5 heteroatoms. The summed E-state index contributed by atoms with van der Waals surface area (Å²) in [5.41, 5.74) is 1.45. The molecule has 0 spiro atoms. The smallest absolute Gasteiger partial charge is 0.308 e. The molecule has 0 saturated heterocycles. The molecule has 0 bridgehead atoms. The number of carbonyl (C=O) groups excluding carboxylic acids is 2. The molecular weight excluding hydrogens is 298 g/mol. The predicted molar refractivity (Wildman–Crippen MR) is 86.0 cm³/mol. The van der Waals surface area contributed by atoms with E-state index < -0.39 is 0 Å². The molecule has 1 heterocycles. The van der Waals surface area contributed by atoms with Crippen molar-refractivity contribution in [1.29, 1.82) is 0 Å². The van der Waals surface area contributed by atoms with Crippen molar-refractivity contribution in [1.82, 2.24) is 0 Å². The molecule has 112 valence electrons. The highest BCUT2D eigenvalue weighted by molar-refractivity contribution is 8.00. The van der Waals surface area contributed by atoms with Crippen molar-refractivity contribution in [3.8, 4) is 0 Å². The first-order chi connectivity index (χ1) is 10.7. The number of hydrogen-bond donors (Lipinski definition) is 0. The quantitative estimate of drug-likeness (QED) is 0.816. The van der Waals surface area contributed by atoms with Crippen LogP contribution in [-0.4, -0.2) is 24.4 Å². The van der Waals surface area contributed by atoms with Gasteiger partial charge in [-0.15, -0.1) is 0 Å². The third-order valence-corrected chi connectivity index (χ3v) is 4.75. The summed E-state index contributed by atoms with van der Waals surface area (Å²) < 4.78 is 4.77. The molecule has 2 aromatic carbocycles. The van der Waals surface area contributed by atoms with E-state index in [1.165, 1.54) is 18.9 Å². The Labute approximate surface area is 133 Å². The van der Waals surface area contributed by atoms with Crippen LogP contribution in [0.5, 0.6) is 0 Å². The van der Waals surface area contributed by atoms with Gasteiger partial charge < -0.3 is 4.74 Å². The molecule has 0 radical (unpaired) electrons. The average Bonchev–Trinajstić information content (AvgIpc) is 2.56. The van der Waals surface area contributed by atoms with Gasteiger partial charge in [0.15, 0.2) is 0 Å². The number of carbonyl (C=O) groups is 2. The van der Waals surface area contributed by atoms with Gasteiger partial charge in [-0.05, 0) is 24.3 Å². The zero-order chi connectivity index (χ0) is 15.5. The lowest BCUT2D eigenvalue weighted by Crippen LogP contribution is -2.43. The number of esters is 1. The number of methoxy groups -OCH3 is 1. The standard InChI is InChI=1S/C17H15NO3S/c1-21-16(19)11-15-18(12-7-3-2-4-8-12)17(20)13-9-5-6-10-14(13)22-15/h2-10,15H,11H2,1H3/t15-/m0/s1. The lowest BCUT2D eigenvalue weighted by Gasteiger charge is -2.35. The number of anilines is 1. The zero-order valence-corrected chi connectivity index (χ0v) is 12.9. The number of nitrogens with zero attached hydrogens (tertiary/aromatic N) is 1. The lowest BCUT2D eigenvalue weighted by atomic mass is 10.1. The number of amides is 1. The Hall–Kier alpha value is -2.27. The molecule has 0 aromatic heterocycles. The Balaban J connectivity index is 2.02. The van der Waals surface area contributed by atoms with E-state index in [0.29, 0.717) is 5.56 Å². The largest absolute Gasteiger partial charge is 0.469 e. The van der Waals surface area contributed by atoms with Crippen LogP contribution in [-0.2, 0) is 9.53 Å². The molecule has 0 aliphatic carbocycles. The highest BCUT2D eigenvalue weighted by atomic mass is 32.2. The first-order valence-electron chi connectivity index (χ1n) is 6.92. The van der Waals surface area contributed by atoms with Crippen LogP contribution in [0, 0.1) is 0 Å². The Morgan fingerprint density at radius 1 is 1.14 bits per heavy atom. The number of benzene rings is 2.